The van der Waals surface area contributed by atoms with E-state index in [9.17, 15) is 4.39 Å². The Hall–Kier alpha value is -0.410. The van der Waals surface area contributed by atoms with E-state index in [4.69, 9.17) is 5.73 Å². The van der Waals surface area contributed by atoms with Gasteiger partial charge in [0.15, 0.2) is 0 Å². The van der Waals surface area contributed by atoms with Crippen LogP contribution in [0.25, 0.3) is 0 Å². The minimum absolute atomic E-state index is 0.0523. The predicted octanol–water partition coefficient (Wildman–Crippen LogP) is 4.17. The molecule has 0 amide bonds. The predicted molar refractivity (Wildman–Crippen MR) is 65.2 cm³/mol. The molecule has 0 aliphatic heterocycles. The summed E-state index contributed by atoms with van der Waals surface area (Å²) in [5.74, 6) is -0.231. The van der Waals surface area contributed by atoms with Crippen LogP contribution in [-0.2, 0) is 0 Å². The van der Waals surface area contributed by atoms with Crippen LogP contribution < -0.4 is 5.73 Å². The van der Waals surface area contributed by atoms with Gasteiger partial charge in [0.1, 0.15) is 5.82 Å². The van der Waals surface area contributed by atoms with Crippen molar-refractivity contribution in [2.24, 2.45) is 5.73 Å². The molecule has 1 aromatic carbocycles. The third kappa shape index (κ3) is 4.31. The van der Waals surface area contributed by atoms with Crippen LogP contribution >= 0.6 is 15.9 Å². The number of hydrogen-bond donors (Lipinski definition) is 1. The lowest BCUT2D eigenvalue weighted by Gasteiger charge is -2.12. The highest BCUT2D eigenvalue weighted by Gasteiger charge is 2.07. The van der Waals surface area contributed by atoms with Gasteiger partial charge in [-0.25, -0.2) is 4.39 Å². The van der Waals surface area contributed by atoms with Gasteiger partial charge < -0.3 is 5.73 Å². The Morgan fingerprint density at radius 1 is 1.33 bits per heavy atom. The molecule has 3 heteroatoms. The van der Waals surface area contributed by atoms with Crippen LogP contribution in [0.1, 0.15) is 44.2 Å². The second kappa shape index (κ2) is 6.23. The zero-order valence-electron chi connectivity index (χ0n) is 8.97. The zero-order chi connectivity index (χ0) is 11.3. The van der Waals surface area contributed by atoms with E-state index in [-0.39, 0.29) is 11.9 Å². The van der Waals surface area contributed by atoms with E-state index in [2.05, 4.69) is 22.9 Å². The molecule has 2 N–H and O–H groups in total. The molecular weight excluding hydrogens is 257 g/mol. The molecule has 1 nitrogen and oxygen atoms in total. The first-order chi connectivity index (χ1) is 7.13. The summed E-state index contributed by atoms with van der Waals surface area (Å²) >= 11 is 3.27. The fourth-order valence-electron chi connectivity index (χ4n) is 1.57. The molecule has 0 fully saturated rings. The minimum Gasteiger partial charge on any atom is -0.324 e. The fraction of sp³-hybridized carbons (Fsp3) is 0.500. The third-order valence-corrected chi connectivity index (χ3v) is 2.89. The first-order valence-electron chi connectivity index (χ1n) is 5.35. The highest BCUT2D eigenvalue weighted by atomic mass is 79.9. The molecule has 0 aliphatic rings. The van der Waals surface area contributed by atoms with Gasteiger partial charge in [0.25, 0.3) is 0 Å². The maximum Gasteiger partial charge on any atom is 0.124 e. The molecular formula is C12H17BrFN. The minimum atomic E-state index is -0.231. The normalized spacial score (nSPS) is 12.8. The molecule has 1 unspecified atom stereocenters. The maximum absolute atomic E-state index is 13.1. The Labute approximate surface area is 99.0 Å². The number of nitrogens with two attached hydrogens (primary N) is 1. The van der Waals surface area contributed by atoms with Crippen molar-refractivity contribution in [1.29, 1.82) is 0 Å². The molecule has 0 aromatic heterocycles. The van der Waals surface area contributed by atoms with Gasteiger partial charge in [0.05, 0.1) is 0 Å². The topological polar surface area (TPSA) is 26.0 Å². The Kier molecular flexibility index (Phi) is 5.26. The van der Waals surface area contributed by atoms with Gasteiger partial charge >= 0.3 is 0 Å². The van der Waals surface area contributed by atoms with Crippen LogP contribution in [0, 0.1) is 5.82 Å². The van der Waals surface area contributed by atoms with Gasteiger partial charge in [0, 0.05) is 10.5 Å². The summed E-state index contributed by atoms with van der Waals surface area (Å²) in [5, 5.41) is 0. The SMILES string of the molecule is CCCCCC(N)c1cc(F)cc(Br)c1. The van der Waals surface area contributed by atoms with Crippen molar-refractivity contribution in [3.05, 3.63) is 34.1 Å². The summed E-state index contributed by atoms with van der Waals surface area (Å²) in [4.78, 5) is 0. The van der Waals surface area contributed by atoms with E-state index in [0.717, 1.165) is 22.9 Å². The molecule has 15 heavy (non-hydrogen) atoms. The van der Waals surface area contributed by atoms with Gasteiger partial charge in [0.2, 0.25) is 0 Å². The molecule has 84 valence electrons. The molecule has 0 bridgehead atoms. The average Bonchev–Trinajstić information content (AvgIpc) is 2.16. The second-order valence-corrected chi connectivity index (χ2v) is 4.72. The lowest BCUT2D eigenvalue weighted by Crippen LogP contribution is -2.10. The van der Waals surface area contributed by atoms with Gasteiger partial charge in [-0.1, -0.05) is 42.1 Å². The Balaban J connectivity index is 2.60. The van der Waals surface area contributed by atoms with Crippen LogP contribution in [0.3, 0.4) is 0 Å². The Bertz CT molecular complexity index is 294. The third-order valence-electron chi connectivity index (χ3n) is 2.43. The lowest BCUT2D eigenvalue weighted by molar-refractivity contribution is 0.572. The largest absolute Gasteiger partial charge is 0.324 e. The van der Waals surface area contributed by atoms with Crippen molar-refractivity contribution in [1.82, 2.24) is 0 Å². The molecule has 1 aromatic rings. The van der Waals surface area contributed by atoms with E-state index >= 15 is 0 Å². The van der Waals surface area contributed by atoms with Crippen LogP contribution in [0.4, 0.5) is 4.39 Å². The highest BCUT2D eigenvalue weighted by Crippen LogP contribution is 2.22. The number of rotatable bonds is 5. The molecule has 0 radical (unpaired) electrons. The zero-order valence-corrected chi connectivity index (χ0v) is 10.6. The summed E-state index contributed by atoms with van der Waals surface area (Å²) in [5.41, 5.74) is 6.86. The van der Waals surface area contributed by atoms with Crippen molar-refractivity contribution in [2.45, 2.75) is 38.6 Å². The standard InChI is InChI=1S/C12H17BrFN/c1-2-3-4-5-12(15)9-6-10(13)8-11(14)7-9/h6-8,12H,2-5,15H2,1H3. The number of halogens is 2. The smallest absolute Gasteiger partial charge is 0.124 e. The van der Waals surface area contributed by atoms with Crippen molar-refractivity contribution >= 4 is 15.9 Å². The van der Waals surface area contributed by atoms with E-state index in [1.807, 2.05) is 6.07 Å². The van der Waals surface area contributed by atoms with Gasteiger partial charge in [-0.05, 0) is 30.2 Å². The summed E-state index contributed by atoms with van der Waals surface area (Å²) in [7, 11) is 0. The monoisotopic (exact) mass is 273 g/mol. The number of unbranched alkanes of at least 4 members (excludes halogenated alkanes) is 2. The van der Waals surface area contributed by atoms with E-state index in [0.29, 0.717) is 0 Å². The van der Waals surface area contributed by atoms with Gasteiger partial charge in [-0.15, -0.1) is 0 Å². The molecule has 0 spiro atoms. The van der Waals surface area contributed by atoms with Crippen molar-refractivity contribution in [3.63, 3.8) is 0 Å². The summed E-state index contributed by atoms with van der Waals surface area (Å²) in [6.07, 6.45) is 4.39. The fourth-order valence-corrected chi connectivity index (χ4v) is 2.05. The molecule has 0 aliphatic carbocycles. The maximum atomic E-state index is 13.1. The average molecular weight is 274 g/mol. The van der Waals surface area contributed by atoms with Crippen LogP contribution in [0.2, 0.25) is 0 Å². The summed E-state index contributed by atoms with van der Waals surface area (Å²) in [6, 6.07) is 4.80. The summed E-state index contributed by atoms with van der Waals surface area (Å²) < 4.78 is 13.8. The quantitative estimate of drug-likeness (QED) is 0.801. The molecule has 1 rings (SSSR count). The first kappa shape index (κ1) is 12.7. The van der Waals surface area contributed by atoms with Gasteiger partial charge in [-0.3, -0.25) is 0 Å². The highest BCUT2D eigenvalue weighted by molar-refractivity contribution is 9.10. The van der Waals surface area contributed by atoms with E-state index in [1.54, 1.807) is 0 Å². The van der Waals surface area contributed by atoms with Crippen molar-refractivity contribution in [2.75, 3.05) is 0 Å². The second-order valence-electron chi connectivity index (χ2n) is 3.81. The first-order valence-corrected chi connectivity index (χ1v) is 6.14. The molecule has 0 saturated heterocycles. The van der Waals surface area contributed by atoms with Crippen molar-refractivity contribution in [3.8, 4) is 0 Å². The Morgan fingerprint density at radius 3 is 2.67 bits per heavy atom. The number of benzene rings is 1. The van der Waals surface area contributed by atoms with E-state index < -0.39 is 0 Å². The van der Waals surface area contributed by atoms with E-state index in [1.165, 1.54) is 25.0 Å². The summed E-state index contributed by atoms with van der Waals surface area (Å²) in [6.45, 7) is 2.16. The number of hydrogen-bond acceptors (Lipinski definition) is 1. The molecule has 0 saturated carbocycles. The van der Waals surface area contributed by atoms with Crippen LogP contribution in [0.5, 0.6) is 0 Å². The molecule has 0 heterocycles. The Morgan fingerprint density at radius 2 is 2.07 bits per heavy atom. The van der Waals surface area contributed by atoms with Crippen LogP contribution in [0.15, 0.2) is 22.7 Å². The molecule has 1 atom stereocenters. The van der Waals surface area contributed by atoms with Crippen molar-refractivity contribution < 1.29 is 4.39 Å². The lowest BCUT2D eigenvalue weighted by atomic mass is 10.0. The van der Waals surface area contributed by atoms with Crippen LogP contribution in [-0.4, -0.2) is 0 Å². The van der Waals surface area contributed by atoms with Gasteiger partial charge in [-0.2, -0.15) is 0 Å².